The van der Waals surface area contributed by atoms with Gasteiger partial charge in [0.25, 0.3) is 5.56 Å². The molecular formula is C8H8N4O2. The van der Waals surface area contributed by atoms with Gasteiger partial charge in [-0.05, 0) is 0 Å². The fourth-order valence-electron chi connectivity index (χ4n) is 1.16. The Morgan fingerprint density at radius 1 is 1.57 bits per heavy atom. The maximum atomic E-state index is 11.5. The molecule has 0 spiro atoms. The van der Waals surface area contributed by atoms with E-state index in [9.17, 15) is 4.79 Å². The molecule has 0 atom stereocenters. The van der Waals surface area contributed by atoms with Gasteiger partial charge in [-0.15, -0.1) is 0 Å². The van der Waals surface area contributed by atoms with Gasteiger partial charge in [-0.1, -0.05) is 0 Å². The molecule has 0 saturated heterocycles. The third-order valence-corrected chi connectivity index (χ3v) is 1.78. The Kier molecular flexibility index (Phi) is 2.02. The fraction of sp³-hybridized carbons (Fsp3) is 0.125. The smallest absolute Gasteiger partial charge is 0.292 e. The molecule has 2 aromatic rings. The second-order valence-corrected chi connectivity index (χ2v) is 2.59. The van der Waals surface area contributed by atoms with E-state index in [1.165, 1.54) is 19.6 Å². The number of nitrogens with one attached hydrogen (secondary N) is 1. The summed E-state index contributed by atoms with van der Waals surface area (Å²) < 4.78 is 6.59. The first-order chi connectivity index (χ1) is 6.83. The number of H-pyrrole nitrogens is 1. The van der Waals surface area contributed by atoms with Gasteiger partial charge in [0.1, 0.15) is 0 Å². The molecule has 0 aromatic carbocycles. The SMILES string of the molecule is COc1cn[nH]c(=O)c1-n1ccnc1. The van der Waals surface area contributed by atoms with Gasteiger partial charge in [-0.25, -0.2) is 10.1 Å². The Labute approximate surface area is 79.2 Å². The van der Waals surface area contributed by atoms with Crippen molar-refractivity contribution in [1.29, 1.82) is 0 Å². The maximum absolute atomic E-state index is 11.5. The van der Waals surface area contributed by atoms with Gasteiger partial charge in [0, 0.05) is 12.4 Å². The molecule has 6 heteroatoms. The second kappa shape index (κ2) is 3.33. The zero-order chi connectivity index (χ0) is 9.97. The largest absolute Gasteiger partial charge is 0.493 e. The van der Waals surface area contributed by atoms with Crippen LogP contribution in [0.25, 0.3) is 5.69 Å². The van der Waals surface area contributed by atoms with E-state index >= 15 is 0 Å². The molecule has 0 amide bonds. The van der Waals surface area contributed by atoms with Crippen LogP contribution >= 0.6 is 0 Å². The number of hydrogen-bond donors (Lipinski definition) is 1. The molecule has 72 valence electrons. The van der Waals surface area contributed by atoms with Gasteiger partial charge in [-0.2, -0.15) is 5.10 Å². The van der Waals surface area contributed by atoms with E-state index in [-0.39, 0.29) is 5.56 Å². The van der Waals surface area contributed by atoms with Crippen LogP contribution in [0.3, 0.4) is 0 Å². The molecule has 0 saturated carbocycles. The van der Waals surface area contributed by atoms with Crippen molar-refractivity contribution in [3.05, 3.63) is 35.3 Å². The van der Waals surface area contributed by atoms with Crippen molar-refractivity contribution >= 4 is 0 Å². The predicted octanol–water partition coefficient (Wildman–Crippen LogP) is -0.0358. The quantitative estimate of drug-likeness (QED) is 0.724. The van der Waals surface area contributed by atoms with E-state index in [0.717, 1.165) is 0 Å². The molecule has 0 bridgehead atoms. The van der Waals surface area contributed by atoms with Crippen LogP contribution in [0.15, 0.2) is 29.7 Å². The van der Waals surface area contributed by atoms with E-state index in [2.05, 4.69) is 15.2 Å². The number of hydrogen-bond acceptors (Lipinski definition) is 4. The summed E-state index contributed by atoms with van der Waals surface area (Å²) in [6, 6.07) is 0. The van der Waals surface area contributed by atoms with Crippen molar-refractivity contribution in [3.63, 3.8) is 0 Å². The lowest BCUT2D eigenvalue weighted by Gasteiger charge is -2.05. The lowest BCUT2D eigenvalue weighted by molar-refractivity contribution is 0.408. The highest BCUT2D eigenvalue weighted by Gasteiger charge is 2.09. The number of methoxy groups -OCH3 is 1. The first-order valence-electron chi connectivity index (χ1n) is 3.93. The van der Waals surface area contributed by atoms with Gasteiger partial charge in [0.2, 0.25) is 0 Å². The van der Waals surface area contributed by atoms with Gasteiger partial charge in [0.15, 0.2) is 11.4 Å². The average molecular weight is 192 g/mol. The molecule has 0 aliphatic rings. The third kappa shape index (κ3) is 1.26. The average Bonchev–Trinajstić information content (AvgIpc) is 2.70. The summed E-state index contributed by atoms with van der Waals surface area (Å²) in [6.45, 7) is 0. The normalized spacial score (nSPS) is 10.1. The van der Waals surface area contributed by atoms with Crippen LogP contribution < -0.4 is 10.3 Å². The Bertz CT molecular complexity index is 474. The molecule has 1 N–H and O–H groups in total. The Morgan fingerprint density at radius 3 is 3.07 bits per heavy atom. The third-order valence-electron chi connectivity index (χ3n) is 1.78. The Balaban J connectivity index is 2.68. The molecule has 2 aromatic heterocycles. The predicted molar refractivity (Wildman–Crippen MR) is 48.5 cm³/mol. The minimum Gasteiger partial charge on any atom is -0.493 e. The van der Waals surface area contributed by atoms with E-state index in [0.29, 0.717) is 11.4 Å². The number of nitrogens with zero attached hydrogens (tertiary/aromatic N) is 3. The number of aromatic amines is 1. The highest BCUT2D eigenvalue weighted by Crippen LogP contribution is 2.15. The number of aromatic nitrogens is 4. The van der Waals surface area contributed by atoms with E-state index in [1.807, 2.05) is 0 Å². The van der Waals surface area contributed by atoms with E-state index in [1.54, 1.807) is 17.0 Å². The highest BCUT2D eigenvalue weighted by atomic mass is 16.5. The maximum Gasteiger partial charge on any atom is 0.292 e. The Morgan fingerprint density at radius 2 is 2.43 bits per heavy atom. The van der Waals surface area contributed by atoms with Crippen molar-refractivity contribution in [3.8, 4) is 11.4 Å². The molecule has 0 radical (unpaired) electrons. The summed E-state index contributed by atoms with van der Waals surface area (Å²) in [5.41, 5.74) is 0.0577. The Hall–Kier alpha value is -2.11. The van der Waals surface area contributed by atoms with Crippen LogP contribution in [0.5, 0.6) is 5.75 Å². The molecule has 0 unspecified atom stereocenters. The minimum atomic E-state index is -0.317. The fourth-order valence-corrected chi connectivity index (χ4v) is 1.16. The first-order valence-corrected chi connectivity index (χ1v) is 3.93. The van der Waals surface area contributed by atoms with Crippen LogP contribution in [0.1, 0.15) is 0 Å². The standard InChI is InChI=1S/C8H8N4O2/c1-14-6-4-10-11-8(13)7(6)12-3-2-9-5-12/h2-5H,1H3,(H,11,13). The molecule has 2 rings (SSSR count). The van der Waals surface area contributed by atoms with Gasteiger partial charge < -0.3 is 4.74 Å². The lowest BCUT2D eigenvalue weighted by Crippen LogP contribution is -2.16. The van der Waals surface area contributed by atoms with Gasteiger partial charge >= 0.3 is 0 Å². The molecule has 0 aliphatic heterocycles. The van der Waals surface area contributed by atoms with Crippen molar-refractivity contribution in [2.24, 2.45) is 0 Å². The molecule has 14 heavy (non-hydrogen) atoms. The summed E-state index contributed by atoms with van der Waals surface area (Å²) in [4.78, 5) is 15.3. The summed E-state index contributed by atoms with van der Waals surface area (Å²) in [6.07, 6.45) is 6.20. The van der Waals surface area contributed by atoms with Crippen LogP contribution in [-0.4, -0.2) is 26.9 Å². The minimum absolute atomic E-state index is 0.317. The molecule has 0 aliphatic carbocycles. The number of rotatable bonds is 2. The van der Waals surface area contributed by atoms with E-state index in [4.69, 9.17) is 4.74 Å². The summed E-state index contributed by atoms with van der Waals surface area (Å²) in [7, 11) is 1.48. The molecule has 2 heterocycles. The lowest BCUT2D eigenvalue weighted by atomic mass is 10.4. The van der Waals surface area contributed by atoms with Crippen molar-refractivity contribution in [2.75, 3.05) is 7.11 Å². The van der Waals surface area contributed by atoms with Gasteiger partial charge in [0.05, 0.1) is 19.6 Å². The zero-order valence-corrected chi connectivity index (χ0v) is 7.47. The summed E-state index contributed by atoms with van der Waals surface area (Å²) >= 11 is 0. The topological polar surface area (TPSA) is 72.8 Å². The van der Waals surface area contributed by atoms with Crippen molar-refractivity contribution in [2.45, 2.75) is 0 Å². The van der Waals surface area contributed by atoms with E-state index < -0.39 is 0 Å². The van der Waals surface area contributed by atoms with Crippen molar-refractivity contribution in [1.82, 2.24) is 19.7 Å². The molecule has 0 fully saturated rings. The zero-order valence-electron chi connectivity index (χ0n) is 7.47. The second-order valence-electron chi connectivity index (χ2n) is 2.59. The summed E-state index contributed by atoms with van der Waals surface area (Å²) in [5, 5.41) is 5.96. The number of ether oxygens (including phenoxy) is 1. The van der Waals surface area contributed by atoms with Gasteiger partial charge in [-0.3, -0.25) is 9.36 Å². The monoisotopic (exact) mass is 192 g/mol. The van der Waals surface area contributed by atoms with Crippen LogP contribution in [0.4, 0.5) is 0 Å². The summed E-state index contributed by atoms with van der Waals surface area (Å²) in [5.74, 6) is 0.409. The highest BCUT2D eigenvalue weighted by molar-refractivity contribution is 5.42. The van der Waals surface area contributed by atoms with Crippen LogP contribution in [0, 0.1) is 0 Å². The molecular weight excluding hydrogens is 184 g/mol. The van der Waals surface area contributed by atoms with Crippen LogP contribution in [-0.2, 0) is 0 Å². The number of imidazole rings is 1. The van der Waals surface area contributed by atoms with Crippen molar-refractivity contribution < 1.29 is 4.74 Å². The first kappa shape index (κ1) is 8.49. The van der Waals surface area contributed by atoms with Crippen LogP contribution in [0.2, 0.25) is 0 Å². The molecule has 6 nitrogen and oxygen atoms in total.